The summed E-state index contributed by atoms with van der Waals surface area (Å²) in [6.45, 7) is 19.0. The molecule has 0 aliphatic heterocycles. The predicted molar refractivity (Wildman–Crippen MR) is 138 cm³/mol. The number of allylic oxidation sites excluding steroid dienone is 3. The van der Waals surface area contributed by atoms with Gasteiger partial charge < -0.3 is 15.3 Å². The highest BCUT2D eigenvalue weighted by Crippen LogP contribution is 2.49. The maximum absolute atomic E-state index is 12.6. The summed E-state index contributed by atoms with van der Waals surface area (Å²) in [5, 5.41) is 30.9. The van der Waals surface area contributed by atoms with E-state index in [0.717, 1.165) is 17.5 Å². The number of Topliss-reactive ketones (excluding diaryl/α,β-unsaturated/α-hetero) is 1. The number of rotatable bonds is 6. The van der Waals surface area contributed by atoms with Crippen LogP contribution in [0.4, 0.5) is 0 Å². The Bertz CT molecular complexity index is 907. The molecular formula is C28H42O5. The molecule has 0 bridgehead atoms. The number of ketones is 1. The lowest BCUT2D eigenvalue weighted by Crippen LogP contribution is -2.40. The van der Waals surface area contributed by atoms with Gasteiger partial charge in [-0.3, -0.25) is 9.59 Å². The van der Waals surface area contributed by atoms with E-state index in [1.807, 2.05) is 48.5 Å². The second kappa shape index (κ2) is 13.7. The smallest absolute Gasteiger partial charge is 0.184 e. The number of hydrogen-bond donors (Lipinski definition) is 3. The summed E-state index contributed by atoms with van der Waals surface area (Å²) in [4.78, 5) is 24.1. The van der Waals surface area contributed by atoms with Crippen LogP contribution in [0.25, 0.3) is 11.5 Å². The number of aliphatic hydroxyl groups excluding tert-OH is 3. The summed E-state index contributed by atoms with van der Waals surface area (Å²) in [7, 11) is 0. The molecule has 1 aliphatic rings. The van der Waals surface area contributed by atoms with Crippen molar-refractivity contribution in [3.63, 3.8) is 0 Å². The van der Waals surface area contributed by atoms with Gasteiger partial charge in [-0.15, -0.1) is 0 Å². The lowest BCUT2D eigenvalue weighted by molar-refractivity contribution is -0.124. The molecule has 0 saturated heterocycles. The van der Waals surface area contributed by atoms with Gasteiger partial charge >= 0.3 is 0 Å². The summed E-state index contributed by atoms with van der Waals surface area (Å²) in [6, 6.07) is 3.50. The zero-order chi connectivity index (χ0) is 25.9. The quantitative estimate of drug-likeness (QED) is 0.232. The van der Waals surface area contributed by atoms with Crippen LogP contribution in [0.5, 0.6) is 0 Å². The van der Waals surface area contributed by atoms with E-state index in [1.54, 1.807) is 19.1 Å². The summed E-state index contributed by atoms with van der Waals surface area (Å²) in [5.74, 6) is -1.06. The van der Waals surface area contributed by atoms with Crippen molar-refractivity contribution in [2.75, 3.05) is 0 Å². The first-order chi connectivity index (χ1) is 15.6. The Morgan fingerprint density at radius 2 is 1.73 bits per heavy atom. The zero-order valence-corrected chi connectivity index (χ0v) is 21.6. The van der Waals surface area contributed by atoms with Crippen LogP contribution in [-0.2, 0) is 15.0 Å². The van der Waals surface area contributed by atoms with E-state index in [2.05, 4.69) is 6.58 Å². The molecule has 5 nitrogen and oxygen atoms in total. The molecular weight excluding hydrogens is 416 g/mol. The van der Waals surface area contributed by atoms with Crippen LogP contribution in [0.3, 0.4) is 0 Å². The van der Waals surface area contributed by atoms with Gasteiger partial charge in [-0.25, -0.2) is 0 Å². The van der Waals surface area contributed by atoms with Crippen LogP contribution in [0.15, 0.2) is 36.1 Å². The number of hydrogen-bond acceptors (Lipinski definition) is 5. The Morgan fingerprint density at radius 1 is 1.15 bits per heavy atom. The summed E-state index contributed by atoms with van der Waals surface area (Å²) in [6.07, 6.45) is 4.00. The van der Waals surface area contributed by atoms with E-state index < -0.39 is 17.1 Å². The van der Waals surface area contributed by atoms with Gasteiger partial charge in [0.15, 0.2) is 12.0 Å². The normalized spacial score (nSPS) is 21.8. The van der Waals surface area contributed by atoms with Crippen molar-refractivity contribution in [2.45, 2.75) is 86.5 Å². The van der Waals surface area contributed by atoms with Crippen molar-refractivity contribution in [1.82, 2.24) is 0 Å². The van der Waals surface area contributed by atoms with Gasteiger partial charge in [-0.1, -0.05) is 54.5 Å². The summed E-state index contributed by atoms with van der Waals surface area (Å²) in [5.41, 5.74) is 2.11. The molecule has 2 rings (SSSR count). The average molecular weight is 459 g/mol. The van der Waals surface area contributed by atoms with Gasteiger partial charge in [-0.2, -0.15) is 0 Å². The van der Waals surface area contributed by atoms with E-state index in [4.69, 9.17) is 0 Å². The minimum absolute atomic E-state index is 0.0119. The second-order valence-corrected chi connectivity index (χ2v) is 7.89. The Morgan fingerprint density at radius 3 is 2.18 bits per heavy atom. The maximum atomic E-state index is 12.6. The molecule has 0 aromatic heterocycles. The Hall–Kier alpha value is -2.82. The van der Waals surface area contributed by atoms with Crippen molar-refractivity contribution in [3.8, 4) is 0 Å². The molecule has 5 heteroatoms. The Labute approximate surface area is 199 Å². The first kappa shape index (κ1) is 30.2. The van der Waals surface area contributed by atoms with Crippen LogP contribution >= 0.6 is 0 Å². The fraction of sp³-hybridized carbons (Fsp3) is 0.500. The first-order valence-electron chi connectivity index (χ1n) is 11.9. The fourth-order valence-corrected chi connectivity index (χ4v) is 4.53. The largest absolute Gasteiger partial charge is 0.508 e. The van der Waals surface area contributed by atoms with Gasteiger partial charge in [0.1, 0.15) is 17.3 Å². The molecule has 0 amide bonds. The van der Waals surface area contributed by atoms with Gasteiger partial charge in [0.25, 0.3) is 0 Å². The molecule has 1 aromatic carbocycles. The molecule has 1 saturated carbocycles. The topological polar surface area (TPSA) is 94.8 Å². The minimum atomic E-state index is -0.763. The molecule has 1 aromatic rings. The molecule has 3 N–H and O–H groups in total. The molecule has 2 atom stereocenters. The second-order valence-electron chi connectivity index (χ2n) is 7.89. The molecule has 184 valence electrons. The van der Waals surface area contributed by atoms with E-state index in [-0.39, 0.29) is 17.3 Å². The fourth-order valence-electron chi connectivity index (χ4n) is 4.53. The molecule has 0 spiro atoms. The lowest BCUT2D eigenvalue weighted by Gasteiger charge is -2.42. The van der Waals surface area contributed by atoms with Crippen LogP contribution < -0.4 is 0 Å². The minimum Gasteiger partial charge on any atom is -0.508 e. The van der Waals surface area contributed by atoms with Gasteiger partial charge in [0.2, 0.25) is 0 Å². The number of aryl methyl sites for hydroxylation is 1. The van der Waals surface area contributed by atoms with Crippen LogP contribution in [-0.4, -0.2) is 27.4 Å². The number of benzene rings is 1. The highest BCUT2D eigenvalue weighted by Gasteiger charge is 2.45. The summed E-state index contributed by atoms with van der Waals surface area (Å²) >= 11 is 0. The maximum Gasteiger partial charge on any atom is 0.184 e. The molecule has 1 aliphatic carbocycles. The third kappa shape index (κ3) is 6.37. The zero-order valence-electron chi connectivity index (χ0n) is 21.6. The Balaban J connectivity index is 0.00000242. The van der Waals surface area contributed by atoms with Gasteiger partial charge in [0, 0.05) is 28.9 Å². The van der Waals surface area contributed by atoms with Crippen LogP contribution in [0.2, 0.25) is 0 Å². The highest BCUT2D eigenvalue weighted by molar-refractivity contribution is 5.89. The number of carbonyl (C=O) groups excluding carboxylic acids is 2. The van der Waals surface area contributed by atoms with Crippen molar-refractivity contribution >= 4 is 23.6 Å². The van der Waals surface area contributed by atoms with E-state index >= 15 is 0 Å². The van der Waals surface area contributed by atoms with E-state index in [9.17, 15) is 24.9 Å². The Kier molecular flexibility index (Phi) is 12.5. The number of carbonyl (C=O) groups is 2. The summed E-state index contributed by atoms with van der Waals surface area (Å²) < 4.78 is 0. The number of aldehydes is 1. The lowest BCUT2D eigenvalue weighted by atomic mass is 9.60. The molecule has 33 heavy (non-hydrogen) atoms. The van der Waals surface area contributed by atoms with Crippen LogP contribution in [0, 0.1) is 12.8 Å². The molecule has 1 fully saturated rings. The van der Waals surface area contributed by atoms with Crippen molar-refractivity contribution in [3.05, 3.63) is 58.4 Å². The van der Waals surface area contributed by atoms with E-state index in [1.165, 1.54) is 6.08 Å². The average Bonchev–Trinajstić information content (AvgIpc) is 2.83. The monoisotopic (exact) mass is 458 g/mol. The first-order valence-corrected chi connectivity index (χ1v) is 11.9. The SMILES string of the molecule is C=C(O)c1cc(C)c(C2(C)CCC(=O)C(CCC)/C2=C(\O)C=O)cc1/C(O)=C\C.CC.CC. The molecule has 2 unspecified atom stereocenters. The molecule has 0 radical (unpaired) electrons. The van der Waals surface area contributed by atoms with Crippen LogP contribution in [0.1, 0.15) is 96.4 Å². The van der Waals surface area contributed by atoms with Crippen molar-refractivity contribution in [1.29, 1.82) is 0 Å². The highest BCUT2D eigenvalue weighted by atomic mass is 16.3. The van der Waals surface area contributed by atoms with Gasteiger partial charge in [0.05, 0.1) is 0 Å². The van der Waals surface area contributed by atoms with E-state index in [0.29, 0.717) is 42.2 Å². The predicted octanol–water partition coefficient (Wildman–Crippen LogP) is 7.54. The third-order valence-corrected chi connectivity index (χ3v) is 5.99. The molecule has 0 heterocycles. The van der Waals surface area contributed by atoms with Crippen molar-refractivity contribution in [2.24, 2.45) is 5.92 Å². The van der Waals surface area contributed by atoms with Crippen molar-refractivity contribution < 1.29 is 24.9 Å². The third-order valence-electron chi connectivity index (χ3n) is 5.99. The standard InChI is InChI=1S/C24H30O5.2C2H6/c1-6-8-16-21(28)9-10-24(5,23(16)22(29)13-25)19-12-18(20(27)7-2)17(15(4)26)11-14(19)3;2*1-2/h7,11-13,16,26-27,29H,4,6,8-10H2,1-3,5H3;2*1-2H3/b20-7+,23-22+;;. The number of aliphatic hydroxyl groups is 3. The van der Waals surface area contributed by atoms with Gasteiger partial charge in [-0.05, 0) is 61.6 Å².